The van der Waals surface area contributed by atoms with Gasteiger partial charge in [0.2, 0.25) is 0 Å². The van der Waals surface area contributed by atoms with Gasteiger partial charge in [-0.15, -0.1) is 10.2 Å². The zero-order chi connectivity index (χ0) is 31.6. The molecule has 0 radical (unpaired) electrons. The van der Waals surface area contributed by atoms with E-state index in [4.69, 9.17) is 37.3 Å². The van der Waals surface area contributed by atoms with E-state index in [-0.39, 0.29) is 10.9 Å². The maximum absolute atomic E-state index is 8.60. The molecule has 0 unspecified atom stereocenters. The number of benzene rings is 5. The molecule has 0 aliphatic heterocycles. The van der Waals surface area contributed by atoms with E-state index in [9.17, 15) is 0 Å². The molecular formula is C31H25Cl2IO8S. The van der Waals surface area contributed by atoms with Crippen molar-refractivity contribution in [3.63, 3.8) is 0 Å². The van der Waals surface area contributed by atoms with E-state index in [1.807, 2.05) is 0 Å². The van der Waals surface area contributed by atoms with Gasteiger partial charge in [0, 0.05) is 3.57 Å². The van der Waals surface area contributed by atoms with Crippen molar-refractivity contribution in [3.8, 4) is 22.3 Å². The molecule has 0 amide bonds. The molecule has 0 heterocycles. The summed E-state index contributed by atoms with van der Waals surface area (Å²) in [5.41, 5.74) is 6.32. The molecule has 0 saturated heterocycles. The van der Waals surface area contributed by atoms with Crippen LogP contribution >= 0.6 is 22.6 Å². The highest BCUT2D eigenvalue weighted by Gasteiger charge is 2.28. The van der Waals surface area contributed by atoms with E-state index in [0.29, 0.717) is 0 Å². The van der Waals surface area contributed by atoms with Crippen LogP contribution in [0.4, 0.5) is 0 Å². The molecule has 0 aromatic heterocycles. The molecule has 43 heavy (non-hydrogen) atoms. The van der Waals surface area contributed by atoms with Crippen molar-refractivity contribution in [2.24, 2.45) is 0 Å². The van der Waals surface area contributed by atoms with Gasteiger partial charge in [0.15, 0.2) is 14.7 Å². The Morgan fingerprint density at radius 1 is 0.512 bits per heavy atom. The maximum Gasteiger partial charge on any atom is 0.166 e. The summed E-state index contributed by atoms with van der Waals surface area (Å²) in [6, 6.07) is 46.2. The smallest absolute Gasteiger partial charge is 0.166 e. The predicted octanol–water partition coefficient (Wildman–Crippen LogP) is 0.149. The van der Waals surface area contributed by atoms with Gasteiger partial charge in [-0.05, 0) is 112 Å². The first-order chi connectivity index (χ1) is 20.2. The molecule has 12 heteroatoms. The second-order valence-electron chi connectivity index (χ2n) is 8.77. The summed E-state index contributed by atoms with van der Waals surface area (Å²) in [4.78, 5) is 4.02. The fourth-order valence-corrected chi connectivity index (χ4v) is 6.53. The van der Waals surface area contributed by atoms with Crippen LogP contribution in [-0.2, 0) is 10.9 Å². The summed E-state index contributed by atoms with van der Waals surface area (Å²) < 4.78 is 68.0. The highest BCUT2D eigenvalue weighted by Crippen LogP contribution is 2.33. The molecular weight excluding hydrogens is 730 g/mol. The molecule has 5 aromatic carbocycles. The fourth-order valence-electron chi connectivity index (χ4n) is 3.93. The Labute approximate surface area is 270 Å². The average molecular weight is 755 g/mol. The molecule has 5 rings (SSSR count). The Bertz CT molecular complexity index is 1500. The topological polar surface area (TPSA) is 182 Å². The first kappa shape index (κ1) is 34.9. The second kappa shape index (κ2) is 16.0. The van der Waals surface area contributed by atoms with Gasteiger partial charge in [-0.1, -0.05) is 72.8 Å². The molecule has 0 fully saturated rings. The third-order valence-corrected chi connectivity index (χ3v) is 9.16. The number of hydrogen-bond acceptors (Lipinski definition) is 8. The summed E-state index contributed by atoms with van der Waals surface area (Å²) in [6.07, 6.45) is 0. The van der Waals surface area contributed by atoms with E-state index in [1.54, 1.807) is 0 Å². The largest absolute Gasteiger partial charge is 0.222 e. The minimum Gasteiger partial charge on any atom is -0.222 e. The molecule has 0 atom stereocenters. The van der Waals surface area contributed by atoms with Crippen LogP contribution in [0.1, 0.15) is 5.56 Å². The second-order valence-corrected chi connectivity index (χ2v) is 13.5. The SMILES string of the molecule is Cc1ccc(-c2ccc(-c3ccc([S+](c4ccccc4)c4ccccc4)cc3)cc2)cc1I.[O-][Cl+3]([O-])([O-])O.[O-][Cl+3]([O-])([O-])[O-]. The predicted molar refractivity (Wildman–Crippen MR) is 152 cm³/mol. The van der Waals surface area contributed by atoms with E-state index < -0.39 is 20.5 Å². The summed E-state index contributed by atoms with van der Waals surface area (Å²) in [5, 5.41) is 0. The van der Waals surface area contributed by atoms with Crippen molar-refractivity contribution in [3.05, 3.63) is 137 Å². The van der Waals surface area contributed by atoms with Crippen LogP contribution < -0.4 is 32.6 Å². The zero-order valence-electron chi connectivity index (χ0n) is 22.5. The summed E-state index contributed by atoms with van der Waals surface area (Å²) in [7, 11) is -9.75. The van der Waals surface area contributed by atoms with Crippen molar-refractivity contribution >= 4 is 33.5 Å². The quantitative estimate of drug-likeness (QED) is 0.194. The number of halogens is 3. The minimum absolute atomic E-state index is 0.113. The van der Waals surface area contributed by atoms with Crippen molar-refractivity contribution < 1.29 is 57.8 Å². The standard InChI is InChI=1S/C31H24IS.2ClHO4/c1-23-12-13-27(22-31(23)32)26-16-14-24(15-17-26)25-18-20-30(21-19-25)33(28-8-4-2-5-9-28)29-10-6-3-7-11-29;2*2-1(3,4)5/h2-22H,1H3;2*(H,2,3,4,5)/q+1;;/p-1. The van der Waals surface area contributed by atoms with E-state index in [1.165, 1.54) is 46.1 Å². The average Bonchev–Trinajstić information content (AvgIpc) is 2.95. The highest BCUT2D eigenvalue weighted by atomic mass is 127. The lowest BCUT2D eigenvalue weighted by Crippen LogP contribution is -2.68. The van der Waals surface area contributed by atoms with Crippen molar-refractivity contribution in [2.75, 3.05) is 0 Å². The lowest BCUT2D eigenvalue weighted by atomic mass is 10.00. The Morgan fingerprint density at radius 2 is 0.814 bits per heavy atom. The Morgan fingerprint density at radius 3 is 1.19 bits per heavy atom. The molecule has 8 nitrogen and oxygen atoms in total. The Hall–Kier alpha value is -2.56. The van der Waals surface area contributed by atoms with Crippen LogP contribution in [0.5, 0.6) is 0 Å². The Balaban J connectivity index is 0.000000440. The normalized spacial score (nSPS) is 11.2. The van der Waals surface area contributed by atoms with E-state index in [2.05, 4.69) is 157 Å². The van der Waals surface area contributed by atoms with Gasteiger partial charge in [0.05, 0.1) is 25.8 Å². The van der Waals surface area contributed by atoms with Gasteiger partial charge in [-0.2, -0.15) is 14.0 Å². The molecule has 5 aromatic rings. The van der Waals surface area contributed by atoms with Crippen LogP contribution in [-0.4, -0.2) is 4.66 Å². The van der Waals surface area contributed by atoms with Gasteiger partial charge in [-0.25, -0.2) is 18.6 Å². The first-order valence-electron chi connectivity index (χ1n) is 12.3. The lowest BCUT2D eigenvalue weighted by molar-refractivity contribution is -2.00. The van der Waals surface area contributed by atoms with Crippen LogP contribution in [0.2, 0.25) is 0 Å². The molecule has 0 bridgehead atoms. The van der Waals surface area contributed by atoms with Crippen LogP contribution in [0.3, 0.4) is 0 Å². The van der Waals surface area contributed by atoms with Crippen LogP contribution in [0.15, 0.2) is 142 Å². The van der Waals surface area contributed by atoms with Gasteiger partial charge < -0.3 is 0 Å². The number of hydrogen-bond donors (Lipinski definition) is 1. The summed E-state index contributed by atoms with van der Waals surface area (Å²) in [6.45, 7) is 2.15. The molecule has 0 saturated carbocycles. The molecule has 1 N–H and O–H groups in total. The molecule has 224 valence electrons. The van der Waals surface area contributed by atoms with Gasteiger partial charge in [0.25, 0.3) is 0 Å². The molecule has 0 aliphatic carbocycles. The lowest BCUT2D eigenvalue weighted by Gasteiger charge is -2.17. The number of aryl methyl sites for hydroxylation is 1. The molecule has 0 aliphatic rings. The van der Waals surface area contributed by atoms with Crippen LogP contribution in [0.25, 0.3) is 22.3 Å². The Kier molecular flexibility index (Phi) is 13.0. The summed E-state index contributed by atoms with van der Waals surface area (Å²) >= 11 is 2.41. The van der Waals surface area contributed by atoms with Gasteiger partial charge >= 0.3 is 0 Å². The minimum atomic E-state index is -4.94. The van der Waals surface area contributed by atoms with Crippen molar-refractivity contribution in [1.82, 2.24) is 0 Å². The van der Waals surface area contributed by atoms with Crippen LogP contribution in [0, 0.1) is 31.0 Å². The molecule has 0 spiro atoms. The maximum atomic E-state index is 8.60. The third-order valence-electron chi connectivity index (χ3n) is 5.77. The van der Waals surface area contributed by atoms with Crippen molar-refractivity contribution in [1.29, 1.82) is 0 Å². The van der Waals surface area contributed by atoms with Crippen molar-refractivity contribution in [2.45, 2.75) is 21.6 Å². The first-order valence-corrected chi connectivity index (χ1v) is 17.1. The van der Waals surface area contributed by atoms with E-state index in [0.717, 1.165) is 0 Å². The van der Waals surface area contributed by atoms with Gasteiger partial charge in [-0.3, -0.25) is 0 Å². The third kappa shape index (κ3) is 12.5. The summed E-state index contributed by atoms with van der Waals surface area (Å²) in [5.74, 6) is 0. The monoisotopic (exact) mass is 754 g/mol. The zero-order valence-corrected chi connectivity index (χ0v) is 27.0. The fraction of sp³-hybridized carbons (Fsp3) is 0.0323. The van der Waals surface area contributed by atoms with Gasteiger partial charge in [0.1, 0.15) is 0 Å². The highest BCUT2D eigenvalue weighted by molar-refractivity contribution is 14.1. The van der Waals surface area contributed by atoms with E-state index >= 15 is 0 Å². The number of rotatable bonds is 5.